The molecule has 0 saturated heterocycles. The Balaban J connectivity index is 1.10. The summed E-state index contributed by atoms with van der Waals surface area (Å²) in [7, 11) is 0. The van der Waals surface area contributed by atoms with Crippen molar-refractivity contribution in [2.24, 2.45) is 0 Å². The zero-order valence-corrected chi connectivity index (χ0v) is 35.7. The first kappa shape index (κ1) is 38.2. The van der Waals surface area contributed by atoms with E-state index in [1.807, 2.05) is 11.3 Å². The Labute approximate surface area is 364 Å². The Bertz CT molecular complexity index is 3130. The molecule has 8 aromatic rings. The van der Waals surface area contributed by atoms with Crippen LogP contribution in [0, 0.1) is 0 Å². The van der Waals surface area contributed by atoms with Gasteiger partial charge in [0.15, 0.2) is 0 Å². The van der Waals surface area contributed by atoms with Gasteiger partial charge in [-0.2, -0.15) is 0 Å². The molecule has 7 aromatic carbocycles. The fourth-order valence-corrected chi connectivity index (χ4v) is 10.5. The van der Waals surface area contributed by atoms with Gasteiger partial charge >= 0.3 is 0 Å². The van der Waals surface area contributed by atoms with Crippen molar-refractivity contribution in [3.05, 3.63) is 247 Å². The first-order valence-electron chi connectivity index (χ1n) is 21.2. The van der Waals surface area contributed by atoms with Gasteiger partial charge in [-0.25, -0.2) is 0 Å². The van der Waals surface area contributed by atoms with Gasteiger partial charge in [-0.15, -0.1) is 11.3 Å². The van der Waals surface area contributed by atoms with E-state index in [0.29, 0.717) is 0 Å². The molecule has 1 heterocycles. The maximum Gasteiger partial charge on any atom is 0.0461 e. The summed E-state index contributed by atoms with van der Waals surface area (Å²) >= 11 is 1.88. The minimum Gasteiger partial charge on any atom is -0.311 e. The second-order valence-corrected chi connectivity index (χ2v) is 17.5. The lowest BCUT2D eigenvalue weighted by atomic mass is 9.82. The highest BCUT2D eigenvalue weighted by Crippen LogP contribution is 2.50. The van der Waals surface area contributed by atoms with Gasteiger partial charge in [-0.05, 0) is 111 Å². The predicted molar refractivity (Wildman–Crippen MR) is 265 cm³/mol. The van der Waals surface area contributed by atoms with Crippen LogP contribution in [0.15, 0.2) is 230 Å². The Morgan fingerprint density at radius 2 is 1.26 bits per heavy atom. The molecule has 2 aliphatic rings. The molecule has 0 fully saturated rings. The summed E-state index contributed by atoms with van der Waals surface area (Å²) < 4.78 is 2.63. The minimum atomic E-state index is -0.190. The van der Waals surface area contributed by atoms with Crippen LogP contribution < -0.4 is 4.90 Å². The molecule has 0 atom stereocenters. The lowest BCUT2D eigenvalue weighted by Gasteiger charge is -2.30. The van der Waals surface area contributed by atoms with Gasteiger partial charge in [0.05, 0.1) is 0 Å². The summed E-state index contributed by atoms with van der Waals surface area (Å²) in [5.41, 5.74) is 17.8. The summed E-state index contributed by atoms with van der Waals surface area (Å²) in [4.78, 5) is 2.42. The number of hydrogen-bond acceptors (Lipinski definition) is 2. The summed E-state index contributed by atoms with van der Waals surface area (Å²) in [5, 5.41) is 2.62. The second kappa shape index (κ2) is 15.9. The fourth-order valence-electron chi connectivity index (χ4n) is 9.30. The summed E-state index contributed by atoms with van der Waals surface area (Å²) in [5.74, 6) is 0. The average Bonchev–Trinajstić information content (AvgIpc) is 3.64. The number of nitrogens with zero attached hydrogens (tertiary/aromatic N) is 1. The number of hydrogen-bond donors (Lipinski definition) is 0. The van der Waals surface area contributed by atoms with Gasteiger partial charge in [0.25, 0.3) is 0 Å². The van der Waals surface area contributed by atoms with Crippen LogP contribution in [0.4, 0.5) is 5.69 Å². The summed E-state index contributed by atoms with van der Waals surface area (Å²) in [6, 6.07) is 61.9. The number of fused-ring (bicyclic) bond motifs is 4. The quantitative estimate of drug-likeness (QED) is 0.148. The molecule has 1 aromatic heterocycles. The smallest absolute Gasteiger partial charge is 0.0461 e. The highest BCUT2D eigenvalue weighted by molar-refractivity contribution is 7.26. The zero-order chi connectivity index (χ0) is 41.5. The van der Waals surface area contributed by atoms with E-state index in [1.165, 1.54) is 81.4 Å². The van der Waals surface area contributed by atoms with E-state index in [1.54, 1.807) is 0 Å². The summed E-state index contributed by atoms with van der Waals surface area (Å²) in [6.07, 6.45) is 14.6. The highest BCUT2D eigenvalue weighted by Gasteiger charge is 2.37. The predicted octanol–water partition coefficient (Wildman–Crippen LogP) is 16.6. The largest absolute Gasteiger partial charge is 0.311 e. The van der Waals surface area contributed by atoms with Gasteiger partial charge in [-0.3, -0.25) is 0 Å². The first-order chi connectivity index (χ1) is 29.9. The molecule has 0 aliphatic heterocycles. The van der Waals surface area contributed by atoms with E-state index >= 15 is 0 Å². The highest BCUT2D eigenvalue weighted by atomic mass is 32.1. The van der Waals surface area contributed by atoms with Crippen molar-refractivity contribution in [1.29, 1.82) is 0 Å². The van der Waals surface area contributed by atoms with Crippen LogP contribution >= 0.6 is 11.3 Å². The molecule has 0 radical (unpaired) electrons. The topological polar surface area (TPSA) is 3.24 Å². The van der Waals surface area contributed by atoms with Crippen LogP contribution in [0.2, 0.25) is 0 Å². The van der Waals surface area contributed by atoms with E-state index < -0.39 is 0 Å². The molecule has 0 spiro atoms. The molecule has 2 aliphatic carbocycles. The SMILES string of the molecule is C=C1/C(=C\C(=C/C)N(C2=CCC=C(c3ccccc3)C=C2)c2ccc(-c3cc(-c4ccccc4)ccc3-c3cccc4c3sc3ccccc34)cc2)C(C)(C)c2ccccc21. The third kappa shape index (κ3) is 6.93. The van der Waals surface area contributed by atoms with Crippen molar-refractivity contribution in [3.63, 3.8) is 0 Å². The van der Waals surface area contributed by atoms with E-state index in [9.17, 15) is 0 Å². The van der Waals surface area contributed by atoms with E-state index in [4.69, 9.17) is 0 Å². The van der Waals surface area contributed by atoms with Crippen LogP contribution in [-0.2, 0) is 5.41 Å². The summed E-state index contributed by atoms with van der Waals surface area (Å²) in [6.45, 7) is 11.4. The molecule has 2 heteroatoms. The van der Waals surface area contributed by atoms with Gasteiger partial charge in [0.1, 0.15) is 0 Å². The van der Waals surface area contributed by atoms with Crippen molar-refractivity contribution in [1.82, 2.24) is 0 Å². The molecular formula is C59H47NS. The number of benzene rings is 7. The third-order valence-corrected chi connectivity index (χ3v) is 13.7. The van der Waals surface area contributed by atoms with Crippen molar-refractivity contribution in [2.75, 3.05) is 4.90 Å². The molecule has 61 heavy (non-hydrogen) atoms. The van der Waals surface area contributed by atoms with Crippen LogP contribution in [0.3, 0.4) is 0 Å². The number of anilines is 1. The molecule has 0 N–H and O–H groups in total. The monoisotopic (exact) mass is 801 g/mol. The first-order valence-corrected chi connectivity index (χ1v) is 22.0. The lowest BCUT2D eigenvalue weighted by molar-refractivity contribution is 0.660. The standard InChI is InChI=1S/C59H47NS/c1-5-46(39-56-40(2)49-24-12-14-28-55(49)59(56,3)4)60(47-23-16-22-43(30-34-47)41-18-8-6-9-19-41)48-35-31-44(32-36-48)54-38-45(42-20-10-7-11-21-42)33-37-50(54)52-26-17-27-53-51-25-13-15-29-57(51)61-58(52)53/h5-15,17-39H,2,16H2,1,3-4H3/b46-5+,56-39+. The van der Waals surface area contributed by atoms with Crippen LogP contribution in [0.5, 0.6) is 0 Å². The Kier molecular flexibility index (Phi) is 9.95. The van der Waals surface area contributed by atoms with E-state index in [2.05, 4.69) is 239 Å². The van der Waals surface area contributed by atoms with Crippen LogP contribution in [-0.4, -0.2) is 0 Å². The maximum atomic E-state index is 4.65. The van der Waals surface area contributed by atoms with Crippen LogP contribution in [0.1, 0.15) is 43.9 Å². The second-order valence-electron chi connectivity index (χ2n) is 16.4. The van der Waals surface area contributed by atoms with Crippen molar-refractivity contribution in [2.45, 2.75) is 32.6 Å². The van der Waals surface area contributed by atoms with E-state index in [-0.39, 0.29) is 5.41 Å². The Morgan fingerprint density at radius 3 is 2.03 bits per heavy atom. The lowest BCUT2D eigenvalue weighted by Crippen LogP contribution is -2.22. The minimum absolute atomic E-state index is 0.190. The van der Waals surface area contributed by atoms with Gasteiger partial charge in [-0.1, -0.05) is 190 Å². The third-order valence-electron chi connectivity index (χ3n) is 12.5. The van der Waals surface area contributed by atoms with Gasteiger partial charge in [0.2, 0.25) is 0 Å². The molecule has 0 unspecified atom stereocenters. The van der Waals surface area contributed by atoms with Crippen molar-refractivity contribution < 1.29 is 0 Å². The van der Waals surface area contributed by atoms with Crippen LogP contribution in [0.25, 0.3) is 64.7 Å². The van der Waals surface area contributed by atoms with E-state index in [0.717, 1.165) is 29.1 Å². The number of allylic oxidation sites excluding steroid dienone is 9. The molecule has 0 bridgehead atoms. The number of rotatable bonds is 8. The molecule has 1 nitrogen and oxygen atoms in total. The Hall–Kier alpha value is -7.00. The molecular weight excluding hydrogens is 755 g/mol. The van der Waals surface area contributed by atoms with Gasteiger partial charge < -0.3 is 4.90 Å². The van der Waals surface area contributed by atoms with Crippen molar-refractivity contribution >= 4 is 48.3 Å². The van der Waals surface area contributed by atoms with Crippen molar-refractivity contribution in [3.8, 4) is 33.4 Å². The number of thiophene rings is 1. The zero-order valence-electron chi connectivity index (χ0n) is 34.9. The average molecular weight is 802 g/mol. The molecule has 10 rings (SSSR count). The molecule has 294 valence electrons. The molecule has 0 amide bonds. The maximum absolute atomic E-state index is 4.65. The normalized spacial score (nSPS) is 15.5. The molecule has 0 saturated carbocycles. The van der Waals surface area contributed by atoms with Gasteiger partial charge in [0, 0.05) is 48.2 Å². The fraction of sp³-hybridized carbons (Fsp3) is 0.0847. The Morgan fingerprint density at radius 1 is 0.590 bits per heavy atom.